The number of aromatic nitrogens is 1. The van der Waals surface area contributed by atoms with Crippen molar-refractivity contribution in [2.24, 2.45) is 7.05 Å². The van der Waals surface area contributed by atoms with Crippen molar-refractivity contribution in [3.05, 3.63) is 65.3 Å². The molecule has 3 nitrogen and oxygen atoms in total. The summed E-state index contributed by atoms with van der Waals surface area (Å²) in [5.74, 6) is 0. The average Bonchev–Trinajstić information content (AvgIpc) is 3.12. The molecule has 5 rings (SSSR count). The van der Waals surface area contributed by atoms with Gasteiger partial charge in [-0.25, -0.2) is 11.1 Å². The van der Waals surface area contributed by atoms with Gasteiger partial charge < -0.3 is 9.26 Å². The number of hydrogen-bond donors (Lipinski definition) is 0. The van der Waals surface area contributed by atoms with Crippen molar-refractivity contribution in [2.75, 3.05) is 0 Å². The number of nitrogens with zero attached hydrogens (tertiary/aromatic N) is 2. The second-order valence-corrected chi connectivity index (χ2v) is 9.33. The molecule has 0 saturated carbocycles. The van der Waals surface area contributed by atoms with E-state index in [2.05, 4.69) is 59.9 Å². The van der Waals surface area contributed by atoms with Crippen LogP contribution in [0.2, 0.25) is 0 Å². The Kier molecular flexibility index (Phi) is 3.63. The molecule has 0 radical (unpaired) electrons. The molecule has 28 heavy (non-hydrogen) atoms. The van der Waals surface area contributed by atoms with E-state index in [1.165, 1.54) is 48.3 Å². The van der Waals surface area contributed by atoms with Gasteiger partial charge in [0.15, 0.2) is 6.20 Å². The second-order valence-electron chi connectivity index (χ2n) is 8.24. The van der Waals surface area contributed by atoms with Gasteiger partial charge in [0.2, 0.25) is 11.2 Å². The predicted molar refractivity (Wildman–Crippen MR) is 114 cm³/mol. The summed E-state index contributed by atoms with van der Waals surface area (Å²) in [4.78, 5) is 6.29. The van der Waals surface area contributed by atoms with Crippen LogP contribution in [0.3, 0.4) is 0 Å². The van der Waals surface area contributed by atoms with Crippen molar-refractivity contribution in [1.82, 2.24) is 0 Å². The molecule has 2 aromatic carbocycles. The Morgan fingerprint density at radius 3 is 2.79 bits per heavy atom. The first kappa shape index (κ1) is 17.3. The van der Waals surface area contributed by atoms with Crippen LogP contribution in [-0.2, 0) is 13.5 Å². The van der Waals surface area contributed by atoms with Gasteiger partial charge in [0.1, 0.15) is 12.6 Å². The first-order chi connectivity index (χ1) is 13.4. The summed E-state index contributed by atoms with van der Waals surface area (Å²) in [6.07, 6.45) is 4.66. The van der Waals surface area contributed by atoms with Crippen molar-refractivity contribution in [1.29, 1.82) is 0 Å². The summed E-state index contributed by atoms with van der Waals surface area (Å²) < 4.78 is 7.94. The number of benzene rings is 2. The third-order valence-corrected chi connectivity index (χ3v) is 6.72. The highest BCUT2D eigenvalue weighted by molar-refractivity contribution is 7.99. The van der Waals surface area contributed by atoms with Gasteiger partial charge in [-0.05, 0) is 41.6 Å². The van der Waals surface area contributed by atoms with E-state index in [1.807, 2.05) is 25.6 Å². The SMILES string of the molecule is [C-]#[N+]C(C)(C)Cc1cc2c3c([n+](C)ccc3c1)-c1c(cc3occc3c1C)S2. The van der Waals surface area contributed by atoms with Gasteiger partial charge in [0, 0.05) is 35.1 Å². The molecule has 4 aromatic rings. The quantitative estimate of drug-likeness (QED) is 0.271. The largest absolute Gasteiger partial charge is 0.464 e. The van der Waals surface area contributed by atoms with Crippen molar-refractivity contribution >= 4 is 33.5 Å². The molecule has 0 atom stereocenters. The van der Waals surface area contributed by atoms with Gasteiger partial charge in [0.25, 0.3) is 0 Å². The van der Waals surface area contributed by atoms with E-state index < -0.39 is 5.54 Å². The minimum atomic E-state index is -0.392. The minimum absolute atomic E-state index is 0.392. The van der Waals surface area contributed by atoms with Crippen LogP contribution in [0.25, 0.3) is 37.8 Å². The van der Waals surface area contributed by atoms with Crippen molar-refractivity contribution in [3.8, 4) is 11.3 Å². The van der Waals surface area contributed by atoms with Gasteiger partial charge in [-0.3, -0.25) is 0 Å². The van der Waals surface area contributed by atoms with Crippen LogP contribution >= 0.6 is 11.8 Å². The zero-order valence-corrected chi connectivity index (χ0v) is 17.3. The summed E-state index contributed by atoms with van der Waals surface area (Å²) in [5.41, 5.74) is 5.59. The van der Waals surface area contributed by atoms with Gasteiger partial charge in [0.05, 0.1) is 23.6 Å². The fraction of sp³-hybridized carbons (Fsp3) is 0.250. The maximum Gasteiger partial charge on any atom is 0.231 e. The van der Waals surface area contributed by atoms with E-state index in [0.29, 0.717) is 0 Å². The van der Waals surface area contributed by atoms with Gasteiger partial charge >= 0.3 is 0 Å². The Labute approximate surface area is 168 Å². The summed E-state index contributed by atoms with van der Waals surface area (Å²) >= 11 is 1.81. The number of fused-ring (bicyclic) bond motifs is 3. The van der Waals surface area contributed by atoms with Crippen LogP contribution in [0.5, 0.6) is 0 Å². The highest BCUT2D eigenvalue weighted by Gasteiger charge is 2.31. The van der Waals surface area contributed by atoms with E-state index >= 15 is 0 Å². The van der Waals surface area contributed by atoms with Crippen LogP contribution in [0, 0.1) is 13.5 Å². The average molecular weight is 386 g/mol. The molecule has 138 valence electrons. The van der Waals surface area contributed by atoms with Crippen LogP contribution in [-0.4, -0.2) is 5.54 Å². The van der Waals surface area contributed by atoms with E-state index in [0.717, 1.165) is 12.0 Å². The van der Waals surface area contributed by atoms with Crippen LogP contribution in [0.1, 0.15) is 25.0 Å². The third kappa shape index (κ3) is 2.47. The fourth-order valence-electron chi connectivity index (χ4n) is 4.29. The molecule has 0 aliphatic carbocycles. The molecule has 0 bridgehead atoms. The second kappa shape index (κ2) is 5.86. The Hall–Kier alpha value is -2.77. The molecule has 0 N–H and O–H groups in total. The summed E-state index contributed by atoms with van der Waals surface area (Å²) in [5, 5.41) is 3.72. The first-order valence-corrected chi connectivity index (χ1v) is 10.2. The number of furan rings is 1. The maximum atomic E-state index is 7.48. The van der Waals surface area contributed by atoms with Crippen molar-refractivity contribution < 1.29 is 8.98 Å². The lowest BCUT2D eigenvalue weighted by molar-refractivity contribution is -0.659. The molecule has 1 aliphatic rings. The molecule has 1 aliphatic heterocycles. The summed E-state index contributed by atoms with van der Waals surface area (Å²) in [6, 6.07) is 10.9. The molecular formula is C24H21N2OS+. The molecule has 3 heterocycles. The number of pyridine rings is 1. The molecule has 2 aromatic heterocycles. The standard InChI is InChI=1S/C24H21N2OS/c1-14-17-7-9-27-18(17)12-20-21(14)23-22-16(6-8-26(23)5)10-15(11-19(22)28-20)13-24(2,3)25-4/h6-12H,13H2,1-3,5H3/q+1. The normalized spacial score (nSPS) is 13.0. The molecule has 0 amide bonds. The molecule has 0 spiro atoms. The zero-order chi connectivity index (χ0) is 19.6. The van der Waals surface area contributed by atoms with Gasteiger partial charge in [-0.1, -0.05) is 17.8 Å². The molecule has 4 heteroatoms. The molecule has 0 fully saturated rings. The topological polar surface area (TPSA) is 21.4 Å². The lowest BCUT2D eigenvalue weighted by atomic mass is 9.92. The fourth-order valence-corrected chi connectivity index (χ4v) is 5.58. The Morgan fingerprint density at radius 2 is 2.00 bits per heavy atom. The molecule has 0 saturated heterocycles. The smallest absolute Gasteiger partial charge is 0.231 e. The highest BCUT2D eigenvalue weighted by Crippen LogP contribution is 2.49. The minimum Gasteiger partial charge on any atom is -0.464 e. The lowest BCUT2D eigenvalue weighted by Crippen LogP contribution is -2.31. The zero-order valence-electron chi connectivity index (χ0n) is 16.5. The van der Waals surface area contributed by atoms with E-state index in [1.54, 1.807) is 6.26 Å². The summed E-state index contributed by atoms with van der Waals surface area (Å²) in [7, 11) is 2.12. The lowest BCUT2D eigenvalue weighted by Gasteiger charge is -2.21. The van der Waals surface area contributed by atoms with Crippen LogP contribution < -0.4 is 4.57 Å². The molecular weight excluding hydrogens is 364 g/mol. The van der Waals surface area contributed by atoms with Gasteiger partial charge in [-0.15, -0.1) is 0 Å². The molecule has 0 unspecified atom stereocenters. The van der Waals surface area contributed by atoms with E-state index in [9.17, 15) is 0 Å². The Balaban J connectivity index is 1.82. The van der Waals surface area contributed by atoms with Gasteiger partial charge in [-0.2, -0.15) is 0 Å². The first-order valence-electron chi connectivity index (χ1n) is 9.41. The maximum absolute atomic E-state index is 7.48. The van der Waals surface area contributed by atoms with Crippen molar-refractivity contribution in [3.63, 3.8) is 0 Å². The van der Waals surface area contributed by atoms with E-state index in [-0.39, 0.29) is 0 Å². The number of hydrogen-bond acceptors (Lipinski definition) is 2. The van der Waals surface area contributed by atoms with Crippen LogP contribution in [0.4, 0.5) is 0 Å². The Bertz CT molecular complexity index is 1320. The van der Waals surface area contributed by atoms with Crippen LogP contribution in [0.15, 0.2) is 57.0 Å². The monoisotopic (exact) mass is 385 g/mol. The highest BCUT2D eigenvalue weighted by atomic mass is 32.2. The summed E-state index contributed by atoms with van der Waals surface area (Å²) in [6.45, 7) is 13.7. The number of rotatable bonds is 2. The Morgan fingerprint density at radius 1 is 1.18 bits per heavy atom. The predicted octanol–water partition coefficient (Wildman–Crippen LogP) is 6.09. The number of aryl methyl sites for hydroxylation is 2. The van der Waals surface area contributed by atoms with E-state index in [4.69, 9.17) is 11.0 Å². The third-order valence-electron chi connectivity index (χ3n) is 5.64. The van der Waals surface area contributed by atoms with Crippen molar-refractivity contribution in [2.45, 2.75) is 42.5 Å².